The number of halogens is 1. The summed E-state index contributed by atoms with van der Waals surface area (Å²) in [7, 11) is 0. The minimum absolute atomic E-state index is 0.238. The van der Waals surface area contributed by atoms with Gasteiger partial charge < -0.3 is 10.1 Å². The Bertz CT molecular complexity index is 328. The lowest BCUT2D eigenvalue weighted by Gasteiger charge is -2.16. The van der Waals surface area contributed by atoms with Gasteiger partial charge in [-0.05, 0) is 38.1 Å². The van der Waals surface area contributed by atoms with Crippen LogP contribution in [-0.2, 0) is 6.54 Å². The van der Waals surface area contributed by atoms with E-state index in [1.54, 1.807) is 0 Å². The van der Waals surface area contributed by atoms with Crippen LogP contribution in [0.4, 0.5) is 0 Å². The van der Waals surface area contributed by atoms with Gasteiger partial charge in [-0.15, -0.1) is 0 Å². The van der Waals surface area contributed by atoms with Crippen LogP contribution in [0.15, 0.2) is 18.2 Å². The molecular formula is C13H20ClNO. The van der Waals surface area contributed by atoms with Gasteiger partial charge in [0.2, 0.25) is 0 Å². The largest absolute Gasteiger partial charge is 0.490 e. The summed E-state index contributed by atoms with van der Waals surface area (Å²) in [4.78, 5) is 0. The van der Waals surface area contributed by atoms with Crippen LogP contribution in [0.1, 0.15) is 32.8 Å². The van der Waals surface area contributed by atoms with Crippen molar-refractivity contribution in [1.29, 1.82) is 0 Å². The fraction of sp³-hybridized carbons (Fsp3) is 0.538. The summed E-state index contributed by atoms with van der Waals surface area (Å²) in [6.45, 7) is 8.01. The molecule has 0 fully saturated rings. The molecule has 0 saturated heterocycles. The highest BCUT2D eigenvalue weighted by Crippen LogP contribution is 2.24. The molecule has 16 heavy (non-hydrogen) atoms. The first-order valence-corrected chi connectivity index (χ1v) is 6.21. The molecule has 1 aromatic carbocycles. The molecule has 0 radical (unpaired) electrons. The van der Waals surface area contributed by atoms with Crippen LogP contribution in [0, 0.1) is 0 Å². The Labute approximate surface area is 103 Å². The van der Waals surface area contributed by atoms with Gasteiger partial charge in [-0.2, -0.15) is 0 Å². The van der Waals surface area contributed by atoms with Gasteiger partial charge in [0.05, 0.1) is 6.10 Å². The maximum atomic E-state index is 5.98. The van der Waals surface area contributed by atoms with Crippen molar-refractivity contribution in [2.75, 3.05) is 6.54 Å². The zero-order chi connectivity index (χ0) is 12.0. The summed E-state index contributed by atoms with van der Waals surface area (Å²) < 4.78 is 5.85. The normalized spacial score (nSPS) is 12.5. The number of rotatable bonds is 6. The van der Waals surface area contributed by atoms with E-state index in [0.717, 1.165) is 35.8 Å². The number of benzene rings is 1. The van der Waals surface area contributed by atoms with Crippen molar-refractivity contribution in [2.45, 2.75) is 39.8 Å². The second kappa shape index (κ2) is 6.77. The summed E-state index contributed by atoms with van der Waals surface area (Å²) in [5, 5.41) is 4.04. The summed E-state index contributed by atoms with van der Waals surface area (Å²) in [5.41, 5.74) is 1.12. The lowest BCUT2D eigenvalue weighted by atomic mass is 10.2. The van der Waals surface area contributed by atoms with Crippen molar-refractivity contribution in [3.8, 4) is 5.75 Å². The highest BCUT2D eigenvalue weighted by Gasteiger charge is 2.07. The predicted molar refractivity (Wildman–Crippen MR) is 69.2 cm³/mol. The lowest BCUT2D eigenvalue weighted by Crippen LogP contribution is -2.15. The fourth-order valence-corrected chi connectivity index (χ4v) is 1.56. The minimum Gasteiger partial charge on any atom is -0.490 e. The van der Waals surface area contributed by atoms with E-state index in [9.17, 15) is 0 Å². The molecule has 0 amide bonds. The highest BCUT2D eigenvalue weighted by atomic mass is 35.5. The second-order valence-electron chi connectivity index (χ2n) is 3.87. The molecule has 1 rings (SSSR count). The maximum absolute atomic E-state index is 5.98. The zero-order valence-corrected chi connectivity index (χ0v) is 11.0. The Hall–Kier alpha value is -0.730. The van der Waals surface area contributed by atoms with Crippen molar-refractivity contribution in [3.63, 3.8) is 0 Å². The monoisotopic (exact) mass is 241 g/mol. The van der Waals surface area contributed by atoms with Crippen LogP contribution in [0.5, 0.6) is 5.75 Å². The molecule has 1 unspecified atom stereocenters. The van der Waals surface area contributed by atoms with E-state index < -0.39 is 0 Å². The van der Waals surface area contributed by atoms with Gasteiger partial charge in [0.1, 0.15) is 5.75 Å². The van der Waals surface area contributed by atoms with Gasteiger partial charge in [-0.25, -0.2) is 0 Å². The first-order chi connectivity index (χ1) is 7.67. The number of ether oxygens (including phenoxy) is 1. The quantitative estimate of drug-likeness (QED) is 0.821. The first kappa shape index (κ1) is 13.3. The van der Waals surface area contributed by atoms with E-state index >= 15 is 0 Å². The third-order valence-corrected chi connectivity index (χ3v) is 2.73. The smallest absolute Gasteiger partial charge is 0.124 e. The fourth-order valence-electron chi connectivity index (χ4n) is 1.36. The van der Waals surface area contributed by atoms with E-state index in [2.05, 4.69) is 26.1 Å². The molecule has 0 heterocycles. The second-order valence-corrected chi connectivity index (χ2v) is 4.31. The van der Waals surface area contributed by atoms with Gasteiger partial charge in [-0.3, -0.25) is 0 Å². The summed E-state index contributed by atoms with van der Waals surface area (Å²) in [6.07, 6.45) is 1.24. The third-order valence-electron chi connectivity index (χ3n) is 2.49. The van der Waals surface area contributed by atoms with Crippen LogP contribution < -0.4 is 10.1 Å². The van der Waals surface area contributed by atoms with Crippen LogP contribution in [0.3, 0.4) is 0 Å². The van der Waals surface area contributed by atoms with Crippen LogP contribution in [0.25, 0.3) is 0 Å². The van der Waals surface area contributed by atoms with Gasteiger partial charge >= 0.3 is 0 Å². The number of nitrogens with one attached hydrogen (secondary N) is 1. The Morgan fingerprint density at radius 1 is 1.38 bits per heavy atom. The van der Waals surface area contributed by atoms with E-state index in [1.807, 2.05) is 18.2 Å². The zero-order valence-electron chi connectivity index (χ0n) is 10.2. The average molecular weight is 242 g/mol. The summed E-state index contributed by atoms with van der Waals surface area (Å²) >= 11 is 5.98. The first-order valence-electron chi connectivity index (χ1n) is 5.83. The summed E-state index contributed by atoms with van der Waals surface area (Å²) in [5.74, 6) is 0.930. The molecular weight excluding hydrogens is 222 g/mol. The molecule has 3 heteroatoms. The Morgan fingerprint density at radius 2 is 2.12 bits per heavy atom. The van der Waals surface area contributed by atoms with E-state index in [-0.39, 0.29) is 6.10 Å². The molecule has 1 atom stereocenters. The van der Waals surface area contributed by atoms with Gasteiger partial charge in [0.15, 0.2) is 0 Å². The molecule has 0 aliphatic carbocycles. The van der Waals surface area contributed by atoms with E-state index in [0.29, 0.717) is 0 Å². The van der Waals surface area contributed by atoms with Crippen molar-refractivity contribution >= 4 is 11.6 Å². The lowest BCUT2D eigenvalue weighted by molar-refractivity contribution is 0.215. The molecule has 0 aromatic heterocycles. The van der Waals surface area contributed by atoms with Crippen LogP contribution in [0.2, 0.25) is 5.02 Å². The van der Waals surface area contributed by atoms with Crippen LogP contribution in [-0.4, -0.2) is 12.6 Å². The van der Waals surface area contributed by atoms with Crippen LogP contribution >= 0.6 is 11.6 Å². The Kier molecular flexibility index (Phi) is 5.64. The SMILES string of the molecule is CCNCc1cc(Cl)ccc1OC(C)CC. The maximum Gasteiger partial charge on any atom is 0.124 e. The van der Waals surface area contributed by atoms with Crippen molar-refractivity contribution in [3.05, 3.63) is 28.8 Å². The highest BCUT2D eigenvalue weighted by molar-refractivity contribution is 6.30. The van der Waals surface area contributed by atoms with Gasteiger partial charge in [-0.1, -0.05) is 25.4 Å². The molecule has 90 valence electrons. The molecule has 0 aliphatic rings. The number of hydrogen-bond donors (Lipinski definition) is 1. The van der Waals surface area contributed by atoms with E-state index in [4.69, 9.17) is 16.3 Å². The van der Waals surface area contributed by atoms with Gasteiger partial charge in [0, 0.05) is 17.1 Å². The molecule has 0 saturated carbocycles. The third kappa shape index (κ3) is 4.03. The average Bonchev–Trinajstić information content (AvgIpc) is 2.29. The topological polar surface area (TPSA) is 21.3 Å². The van der Waals surface area contributed by atoms with E-state index in [1.165, 1.54) is 0 Å². The Morgan fingerprint density at radius 3 is 2.75 bits per heavy atom. The summed E-state index contributed by atoms with van der Waals surface area (Å²) in [6, 6.07) is 5.78. The van der Waals surface area contributed by atoms with Crippen molar-refractivity contribution in [1.82, 2.24) is 5.32 Å². The molecule has 0 bridgehead atoms. The van der Waals surface area contributed by atoms with Gasteiger partial charge in [0.25, 0.3) is 0 Å². The standard InChI is InChI=1S/C13H20ClNO/c1-4-10(3)16-13-7-6-12(14)8-11(13)9-15-5-2/h6-8,10,15H,4-5,9H2,1-3H3. The van der Waals surface area contributed by atoms with Crippen molar-refractivity contribution in [2.24, 2.45) is 0 Å². The molecule has 2 nitrogen and oxygen atoms in total. The molecule has 1 aromatic rings. The predicted octanol–water partition coefficient (Wildman–Crippen LogP) is 3.63. The Balaban J connectivity index is 2.80. The molecule has 0 spiro atoms. The molecule has 1 N–H and O–H groups in total. The van der Waals surface area contributed by atoms with Crippen molar-refractivity contribution < 1.29 is 4.74 Å². The molecule has 0 aliphatic heterocycles. The number of hydrogen-bond acceptors (Lipinski definition) is 2. The minimum atomic E-state index is 0.238.